The molecule has 7 heteroatoms. The summed E-state index contributed by atoms with van der Waals surface area (Å²) >= 11 is 0. The Labute approximate surface area is 122 Å². The minimum absolute atomic E-state index is 0.00825. The summed E-state index contributed by atoms with van der Waals surface area (Å²) in [5, 5.41) is 13.6. The molecule has 21 heavy (non-hydrogen) atoms. The Hall–Kier alpha value is -1.99. The summed E-state index contributed by atoms with van der Waals surface area (Å²) in [5.41, 5.74) is 6.21. The zero-order chi connectivity index (χ0) is 15.4. The van der Waals surface area contributed by atoms with Gasteiger partial charge in [0, 0.05) is 18.7 Å². The molecule has 0 saturated carbocycles. The number of carbonyl (C=O) groups is 1. The van der Waals surface area contributed by atoms with Crippen molar-refractivity contribution in [2.75, 3.05) is 6.54 Å². The summed E-state index contributed by atoms with van der Waals surface area (Å²) in [4.78, 5) is 22.4. The molecule has 0 spiro atoms. The van der Waals surface area contributed by atoms with Gasteiger partial charge >= 0.3 is 0 Å². The van der Waals surface area contributed by atoms with Gasteiger partial charge in [0.1, 0.15) is 6.10 Å². The average Bonchev–Trinajstić information content (AvgIpc) is 2.96. The molecule has 1 aliphatic rings. The number of ether oxygens (including phenoxy) is 1. The predicted octanol–water partition coefficient (Wildman–Crippen LogP) is 1.28. The van der Waals surface area contributed by atoms with Gasteiger partial charge in [-0.1, -0.05) is 12.1 Å². The molecular weight excluding hydrogens is 274 g/mol. The second-order valence-corrected chi connectivity index (χ2v) is 5.14. The largest absolute Gasteiger partial charge is 0.364 e. The smallest absolute Gasteiger partial charge is 0.269 e. The molecule has 1 fully saturated rings. The molecule has 1 heterocycles. The Balaban J connectivity index is 1.98. The van der Waals surface area contributed by atoms with Crippen LogP contribution in [0.1, 0.15) is 31.4 Å². The summed E-state index contributed by atoms with van der Waals surface area (Å²) in [7, 11) is 0. The van der Waals surface area contributed by atoms with Crippen LogP contribution >= 0.6 is 0 Å². The second kappa shape index (κ2) is 6.64. The fourth-order valence-electron chi connectivity index (χ4n) is 2.37. The van der Waals surface area contributed by atoms with E-state index in [0.717, 1.165) is 6.42 Å². The molecule has 1 saturated heterocycles. The average molecular weight is 293 g/mol. The second-order valence-electron chi connectivity index (χ2n) is 5.14. The van der Waals surface area contributed by atoms with E-state index in [1.807, 2.05) is 0 Å². The zero-order valence-electron chi connectivity index (χ0n) is 11.8. The van der Waals surface area contributed by atoms with E-state index in [0.29, 0.717) is 18.5 Å². The highest BCUT2D eigenvalue weighted by atomic mass is 16.6. The van der Waals surface area contributed by atoms with Crippen molar-refractivity contribution in [1.29, 1.82) is 0 Å². The lowest BCUT2D eigenvalue weighted by molar-refractivity contribution is -0.384. The molecule has 1 aliphatic heterocycles. The predicted molar refractivity (Wildman–Crippen MR) is 76.6 cm³/mol. The van der Waals surface area contributed by atoms with Gasteiger partial charge in [-0.2, -0.15) is 0 Å². The molecule has 1 amide bonds. The van der Waals surface area contributed by atoms with Gasteiger partial charge in [-0.05, 0) is 25.3 Å². The maximum atomic E-state index is 12.1. The summed E-state index contributed by atoms with van der Waals surface area (Å²) < 4.78 is 5.53. The van der Waals surface area contributed by atoms with Crippen LogP contribution in [0.2, 0.25) is 0 Å². The van der Waals surface area contributed by atoms with E-state index in [1.165, 1.54) is 12.1 Å². The van der Waals surface area contributed by atoms with E-state index in [1.54, 1.807) is 19.1 Å². The molecule has 3 atom stereocenters. The Morgan fingerprint density at radius 2 is 2.33 bits per heavy atom. The van der Waals surface area contributed by atoms with E-state index in [9.17, 15) is 14.9 Å². The number of nitrogens with one attached hydrogen (secondary N) is 1. The molecule has 0 radical (unpaired) electrons. The van der Waals surface area contributed by atoms with Crippen LogP contribution in [0.15, 0.2) is 24.3 Å². The van der Waals surface area contributed by atoms with Crippen LogP contribution in [0.25, 0.3) is 0 Å². The monoisotopic (exact) mass is 293 g/mol. The minimum Gasteiger partial charge on any atom is -0.364 e. The topological polar surface area (TPSA) is 107 Å². The van der Waals surface area contributed by atoms with Gasteiger partial charge in [0.2, 0.25) is 5.91 Å². The van der Waals surface area contributed by atoms with Crippen LogP contribution < -0.4 is 11.1 Å². The van der Waals surface area contributed by atoms with Gasteiger partial charge in [-0.15, -0.1) is 0 Å². The van der Waals surface area contributed by atoms with Crippen molar-refractivity contribution in [2.45, 2.75) is 38.0 Å². The van der Waals surface area contributed by atoms with Gasteiger partial charge in [0.15, 0.2) is 0 Å². The third-order valence-corrected chi connectivity index (χ3v) is 3.60. The van der Waals surface area contributed by atoms with Gasteiger partial charge < -0.3 is 15.8 Å². The summed E-state index contributed by atoms with van der Waals surface area (Å²) in [6.45, 7) is 2.19. The first-order valence-electron chi connectivity index (χ1n) is 6.91. The van der Waals surface area contributed by atoms with Crippen molar-refractivity contribution >= 4 is 11.6 Å². The summed E-state index contributed by atoms with van der Waals surface area (Å²) in [5.74, 6) is -0.204. The number of non-ortho nitro benzene ring substituents is 1. The molecule has 0 aliphatic carbocycles. The first-order valence-corrected chi connectivity index (χ1v) is 6.91. The Morgan fingerprint density at radius 3 is 2.95 bits per heavy atom. The fraction of sp³-hybridized carbons (Fsp3) is 0.500. The van der Waals surface area contributed by atoms with Crippen molar-refractivity contribution in [2.24, 2.45) is 5.73 Å². The number of nitrogens with two attached hydrogens (primary N) is 1. The number of nitrogens with zero attached hydrogens (tertiary/aromatic N) is 1. The number of nitro groups is 1. The molecule has 0 bridgehead atoms. The molecular formula is C14H19N3O4. The third-order valence-electron chi connectivity index (χ3n) is 3.60. The quantitative estimate of drug-likeness (QED) is 0.628. The number of benzene rings is 1. The van der Waals surface area contributed by atoms with Gasteiger partial charge in [-0.3, -0.25) is 14.9 Å². The zero-order valence-corrected chi connectivity index (χ0v) is 11.8. The number of hydrogen-bond donors (Lipinski definition) is 2. The van der Waals surface area contributed by atoms with E-state index < -0.39 is 11.0 Å². The summed E-state index contributed by atoms with van der Waals surface area (Å²) in [6.07, 6.45) is 0.878. The van der Waals surface area contributed by atoms with Crippen LogP contribution in [-0.2, 0) is 9.53 Å². The van der Waals surface area contributed by atoms with Gasteiger partial charge in [0.05, 0.1) is 17.1 Å². The van der Waals surface area contributed by atoms with Crippen LogP contribution in [0, 0.1) is 10.1 Å². The van der Waals surface area contributed by atoms with Crippen molar-refractivity contribution < 1.29 is 14.5 Å². The van der Waals surface area contributed by atoms with E-state index >= 15 is 0 Å². The van der Waals surface area contributed by atoms with Crippen LogP contribution in [0.5, 0.6) is 0 Å². The minimum atomic E-state index is -0.486. The first kappa shape index (κ1) is 15.4. The molecule has 7 nitrogen and oxygen atoms in total. The van der Waals surface area contributed by atoms with Crippen molar-refractivity contribution in [3.8, 4) is 0 Å². The summed E-state index contributed by atoms with van der Waals surface area (Å²) in [6, 6.07) is 5.91. The Morgan fingerprint density at radius 1 is 1.57 bits per heavy atom. The first-order chi connectivity index (χ1) is 10.0. The van der Waals surface area contributed by atoms with Crippen molar-refractivity contribution in [3.63, 3.8) is 0 Å². The van der Waals surface area contributed by atoms with E-state index in [4.69, 9.17) is 10.5 Å². The standard InChI is InChI=1S/C14H19N3O4/c1-9(10-3-2-4-11(7-10)17(19)20)16-14(18)13-6-5-12(8-15)21-13/h2-4,7,9,12-13H,5-6,8,15H2,1H3,(H,16,18). The van der Waals surface area contributed by atoms with E-state index in [2.05, 4.69) is 5.32 Å². The maximum absolute atomic E-state index is 12.1. The van der Waals surface area contributed by atoms with Gasteiger partial charge in [-0.25, -0.2) is 0 Å². The lowest BCUT2D eigenvalue weighted by atomic mass is 10.1. The Bertz CT molecular complexity index is 535. The molecule has 0 aromatic heterocycles. The SMILES string of the molecule is CC(NC(=O)C1CCC(CN)O1)c1cccc([N+](=O)[O-])c1. The highest BCUT2D eigenvalue weighted by Crippen LogP contribution is 2.22. The number of amides is 1. The molecule has 114 valence electrons. The lowest BCUT2D eigenvalue weighted by Gasteiger charge is -2.18. The van der Waals surface area contributed by atoms with Crippen molar-refractivity contribution in [3.05, 3.63) is 39.9 Å². The van der Waals surface area contributed by atoms with E-state index in [-0.39, 0.29) is 23.7 Å². The third kappa shape index (κ3) is 3.77. The molecule has 2 rings (SSSR count). The highest BCUT2D eigenvalue weighted by molar-refractivity contribution is 5.81. The Kier molecular flexibility index (Phi) is 4.87. The van der Waals surface area contributed by atoms with Crippen LogP contribution in [0.4, 0.5) is 5.69 Å². The number of hydrogen-bond acceptors (Lipinski definition) is 5. The van der Waals surface area contributed by atoms with Crippen LogP contribution in [0.3, 0.4) is 0 Å². The molecule has 3 unspecified atom stereocenters. The van der Waals surface area contributed by atoms with Crippen LogP contribution in [-0.4, -0.2) is 29.6 Å². The normalized spacial score (nSPS) is 22.8. The number of carbonyl (C=O) groups excluding carboxylic acids is 1. The molecule has 1 aromatic carbocycles. The maximum Gasteiger partial charge on any atom is 0.269 e. The van der Waals surface area contributed by atoms with Gasteiger partial charge in [0.25, 0.3) is 5.69 Å². The number of rotatable bonds is 5. The molecule has 3 N–H and O–H groups in total. The van der Waals surface area contributed by atoms with Crippen molar-refractivity contribution in [1.82, 2.24) is 5.32 Å². The molecule has 1 aromatic rings. The lowest BCUT2D eigenvalue weighted by Crippen LogP contribution is -2.37. The fourth-order valence-corrected chi connectivity index (χ4v) is 2.37. The number of nitro benzene ring substituents is 1. The highest BCUT2D eigenvalue weighted by Gasteiger charge is 2.30.